The maximum Gasteiger partial charge on any atom is 0.257 e. The van der Waals surface area contributed by atoms with Crippen LogP contribution in [-0.4, -0.2) is 37.0 Å². The van der Waals surface area contributed by atoms with Gasteiger partial charge in [0.2, 0.25) is 0 Å². The van der Waals surface area contributed by atoms with Crippen molar-refractivity contribution in [1.82, 2.24) is 19.9 Å². The van der Waals surface area contributed by atoms with Crippen LogP contribution < -0.4 is 5.32 Å². The van der Waals surface area contributed by atoms with Crippen molar-refractivity contribution in [3.05, 3.63) is 65.6 Å². The molecule has 0 saturated heterocycles. The number of nitrogens with one attached hydrogen (secondary N) is 1. The Labute approximate surface area is 142 Å². The van der Waals surface area contributed by atoms with Gasteiger partial charge in [-0.2, -0.15) is 5.10 Å². The number of nitrogens with zero attached hydrogens (tertiary/aromatic N) is 3. The third-order valence-electron chi connectivity index (χ3n) is 3.58. The molecule has 1 N–H and O–H groups in total. The predicted octanol–water partition coefficient (Wildman–Crippen LogP) is 1.72. The van der Waals surface area contributed by atoms with Crippen molar-refractivity contribution in [2.24, 2.45) is 0 Å². The third kappa shape index (κ3) is 3.68. The van der Waals surface area contributed by atoms with E-state index in [2.05, 4.69) is 15.4 Å². The molecule has 1 unspecified atom stereocenters. The van der Waals surface area contributed by atoms with Crippen molar-refractivity contribution >= 4 is 22.4 Å². The van der Waals surface area contributed by atoms with E-state index in [0.717, 1.165) is 5.56 Å². The van der Waals surface area contributed by atoms with Crippen molar-refractivity contribution in [1.29, 1.82) is 0 Å². The summed E-state index contributed by atoms with van der Waals surface area (Å²) in [6, 6.07) is 11.4. The summed E-state index contributed by atoms with van der Waals surface area (Å²) in [6.45, 7) is 2.12. The van der Waals surface area contributed by atoms with Gasteiger partial charge >= 0.3 is 0 Å². The first-order chi connectivity index (χ1) is 11.6. The van der Waals surface area contributed by atoms with Gasteiger partial charge in [0.25, 0.3) is 5.91 Å². The average Bonchev–Trinajstić information content (AvgIpc) is 2.91. The van der Waals surface area contributed by atoms with Gasteiger partial charge in [0.05, 0.1) is 5.69 Å². The minimum absolute atomic E-state index is 0.238. The molecular formula is C17H18N4O2S. The maximum atomic E-state index is 12.4. The summed E-state index contributed by atoms with van der Waals surface area (Å²) in [6.07, 6.45) is 3.38. The molecule has 24 heavy (non-hydrogen) atoms. The molecule has 0 radical (unpaired) electrons. The summed E-state index contributed by atoms with van der Waals surface area (Å²) in [5.41, 5.74) is 2.64. The van der Waals surface area contributed by atoms with E-state index < -0.39 is 10.8 Å². The molecule has 3 aromatic rings. The highest BCUT2D eigenvalue weighted by Gasteiger charge is 2.17. The Morgan fingerprint density at radius 1 is 1.25 bits per heavy atom. The number of rotatable bonds is 6. The van der Waals surface area contributed by atoms with Crippen LogP contribution >= 0.6 is 0 Å². The average molecular weight is 342 g/mol. The fourth-order valence-corrected chi connectivity index (χ4v) is 3.50. The lowest BCUT2D eigenvalue weighted by atomic mass is 10.2. The molecule has 2 aromatic heterocycles. The molecule has 0 spiro atoms. The minimum atomic E-state index is -1.02. The molecule has 1 atom stereocenters. The van der Waals surface area contributed by atoms with E-state index in [1.54, 1.807) is 29.9 Å². The molecule has 7 heteroatoms. The van der Waals surface area contributed by atoms with Gasteiger partial charge in [-0.1, -0.05) is 30.3 Å². The second kappa shape index (κ2) is 7.35. The molecule has 2 heterocycles. The molecule has 0 aliphatic heterocycles. The van der Waals surface area contributed by atoms with Crippen LogP contribution in [0.25, 0.3) is 5.65 Å². The SMILES string of the molecule is Cc1nn2cccnc2c1C(=O)NCCS(=O)Cc1ccccc1. The van der Waals surface area contributed by atoms with Gasteiger partial charge in [0, 0.05) is 41.2 Å². The molecule has 124 valence electrons. The molecule has 1 aromatic carbocycles. The second-order valence-electron chi connectivity index (χ2n) is 5.38. The molecule has 0 bridgehead atoms. The minimum Gasteiger partial charge on any atom is -0.351 e. The van der Waals surface area contributed by atoms with Crippen LogP contribution in [0.4, 0.5) is 0 Å². The fourth-order valence-electron chi connectivity index (χ4n) is 2.46. The summed E-state index contributed by atoms with van der Waals surface area (Å²) >= 11 is 0. The Morgan fingerprint density at radius 2 is 2.04 bits per heavy atom. The first-order valence-corrected chi connectivity index (χ1v) is 9.11. The molecule has 1 amide bonds. The van der Waals surface area contributed by atoms with E-state index in [1.165, 1.54) is 0 Å². The van der Waals surface area contributed by atoms with E-state index in [9.17, 15) is 9.00 Å². The number of carbonyl (C=O) groups excluding carboxylic acids is 1. The van der Waals surface area contributed by atoms with Crippen LogP contribution in [-0.2, 0) is 16.6 Å². The quantitative estimate of drug-likeness (QED) is 0.740. The lowest BCUT2D eigenvalue weighted by molar-refractivity contribution is 0.0957. The first-order valence-electron chi connectivity index (χ1n) is 7.62. The van der Waals surface area contributed by atoms with E-state index in [1.807, 2.05) is 30.3 Å². The smallest absolute Gasteiger partial charge is 0.257 e. The van der Waals surface area contributed by atoms with Crippen molar-refractivity contribution < 1.29 is 9.00 Å². The monoisotopic (exact) mass is 342 g/mol. The zero-order valence-electron chi connectivity index (χ0n) is 13.3. The first kappa shape index (κ1) is 16.3. The number of benzene rings is 1. The molecule has 0 aliphatic rings. The van der Waals surface area contributed by atoms with Crippen LogP contribution in [0.15, 0.2) is 48.8 Å². The van der Waals surface area contributed by atoms with Crippen LogP contribution in [0.2, 0.25) is 0 Å². The zero-order chi connectivity index (χ0) is 16.9. The van der Waals surface area contributed by atoms with E-state index in [4.69, 9.17) is 0 Å². The number of aromatic nitrogens is 3. The van der Waals surface area contributed by atoms with Crippen molar-refractivity contribution in [3.8, 4) is 0 Å². The highest BCUT2D eigenvalue weighted by atomic mass is 32.2. The summed E-state index contributed by atoms with van der Waals surface area (Å²) in [5, 5.41) is 7.08. The predicted molar refractivity (Wildman–Crippen MR) is 93.2 cm³/mol. The number of hydrogen-bond donors (Lipinski definition) is 1. The van der Waals surface area contributed by atoms with Crippen LogP contribution in [0.3, 0.4) is 0 Å². The summed E-state index contributed by atoms with van der Waals surface area (Å²) in [7, 11) is -1.02. The molecule has 3 rings (SSSR count). The van der Waals surface area contributed by atoms with Crippen molar-refractivity contribution in [3.63, 3.8) is 0 Å². The number of amides is 1. The van der Waals surface area contributed by atoms with Gasteiger partial charge in [-0.05, 0) is 18.6 Å². The molecule has 6 nitrogen and oxygen atoms in total. The topological polar surface area (TPSA) is 76.4 Å². The normalized spacial score (nSPS) is 12.2. The van der Waals surface area contributed by atoms with Gasteiger partial charge in [-0.15, -0.1) is 0 Å². The summed E-state index contributed by atoms with van der Waals surface area (Å²) in [4.78, 5) is 16.6. The van der Waals surface area contributed by atoms with Crippen LogP contribution in [0.5, 0.6) is 0 Å². The summed E-state index contributed by atoms with van der Waals surface area (Å²) in [5.74, 6) is 0.665. The van der Waals surface area contributed by atoms with Gasteiger partial charge in [-0.25, -0.2) is 9.50 Å². The third-order valence-corrected chi connectivity index (χ3v) is 4.90. The van der Waals surface area contributed by atoms with E-state index in [0.29, 0.717) is 35.0 Å². The molecule has 0 saturated carbocycles. The lowest BCUT2D eigenvalue weighted by Gasteiger charge is -2.05. The number of hydrogen-bond acceptors (Lipinski definition) is 4. The number of aryl methyl sites for hydroxylation is 1. The van der Waals surface area contributed by atoms with Gasteiger partial charge in [-0.3, -0.25) is 9.00 Å². The van der Waals surface area contributed by atoms with Crippen LogP contribution in [0, 0.1) is 6.92 Å². The Kier molecular flexibility index (Phi) is 5.00. The fraction of sp³-hybridized carbons (Fsp3) is 0.235. The second-order valence-corrected chi connectivity index (χ2v) is 6.95. The van der Waals surface area contributed by atoms with Crippen molar-refractivity contribution in [2.45, 2.75) is 12.7 Å². The standard InChI is InChI=1S/C17H18N4O2S/c1-13-15(16-18-8-5-10-21(16)20-13)17(22)19-9-11-24(23)12-14-6-3-2-4-7-14/h2-8,10H,9,11-12H2,1H3,(H,19,22). The van der Waals surface area contributed by atoms with Gasteiger partial charge in [0.1, 0.15) is 5.56 Å². The molecule has 0 fully saturated rings. The van der Waals surface area contributed by atoms with Crippen molar-refractivity contribution in [2.75, 3.05) is 12.3 Å². The highest BCUT2D eigenvalue weighted by Crippen LogP contribution is 2.12. The highest BCUT2D eigenvalue weighted by molar-refractivity contribution is 7.84. The van der Waals surface area contributed by atoms with E-state index in [-0.39, 0.29) is 5.91 Å². The zero-order valence-corrected chi connectivity index (χ0v) is 14.1. The Bertz CT molecular complexity index is 877. The van der Waals surface area contributed by atoms with E-state index >= 15 is 0 Å². The number of fused-ring (bicyclic) bond motifs is 1. The molecular weight excluding hydrogens is 324 g/mol. The Hall–Kier alpha value is -2.54. The van der Waals surface area contributed by atoms with Crippen LogP contribution in [0.1, 0.15) is 21.6 Å². The lowest BCUT2D eigenvalue weighted by Crippen LogP contribution is -2.28. The number of carbonyl (C=O) groups is 1. The summed E-state index contributed by atoms with van der Waals surface area (Å²) < 4.78 is 13.7. The Morgan fingerprint density at radius 3 is 2.83 bits per heavy atom. The van der Waals surface area contributed by atoms with Gasteiger partial charge in [0.15, 0.2) is 5.65 Å². The molecule has 0 aliphatic carbocycles. The Balaban J connectivity index is 1.57. The maximum absolute atomic E-state index is 12.4. The van der Waals surface area contributed by atoms with Gasteiger partial charge < -0.3 is 5.32 Å². The largest absolute Gasteiger partial charge is 0.351 e.